The Morgan fingerprint density at radius 2 is 1.81 bits per heavy atom. The molecule has 3 aromatic rings. The van der Waals surface area contributed by atoms with Crippen molar-refractivity contribution < 1.29 is 28.6 Å². The van der Waals surface area contributed by atoms with Crippen LogP contribution in [0, 0.1) is 3.57 Å². The van der Waals surface area contributed by atoms with E-state index in [1.165, 1.54) is 7.11 Å². The highest BCUT2D eigenvalue weighted by Gasteiger charge is 2.34. The summed E-state index contributed by atoms with van der Waals surface area (Å²) in [7, 11) is 1.46. The molecule has 184 valence electrons. The topological polar surface area (TPSA) is 82.1 Å². The number of nitrogens with zero attached hydrogens (tertiary/aromatic N) is 1. The molecule has 3 aromatic carbocycles. The molecule has 0 atom stereocenters. The predicted molar refractivity (Wildman–Crippen MR) is 147 cm³/mol. The smallest absolute Gasteiger partial charge is 0.344 e. The van der Waals surface area contributed by atoms with Gasteiger partial charge in [0.1, 0.15) is 12.4 Å². The van der Waals surface area contributed by atoms with Crippen LogP contribution in [-0.2, 0) is 4.79 Å². The van der Waals surface area contributed by atoms with E-state index in [0.717, 1.165) is 20.2 Å². The van der Waals surface area contributed by atoms with Gasteiger partial charge >= 0.3 is 5.97 Å². The molecule has 10 heteroatoms. The van der Waals surface area contributed by atoms with Crippen LogP contribution in [-0.4, -0.2) is 42.3 Å². The minimum atomic E-state index is -0.506. The fraction of sp³-hybridized carbons (Fsp3) is 0.115. The van der Waals surface area contributed by atoms with Crippen LogP contribution in [0.4, 0.5) is 4.79 Å². The molecule has 0 aromatic heterocycles. The molecule has 1 saturated heterocycles. The van der Waals surface area contributed by atoms with E-state index in [1.807, 2.05) is 12.1 Å². The van der Waals surface area contributed by atoms with Crippen molar-refractivity contribution in [2.24, 2.45) is 0 Å². The van der Waals surface area contributed by atoms with Crippen molar-refractivity contribution in [1.29, 1.82) is 0 Å². The van der Waals surface area contributed by atoms with Gasteiger partial charge in [0, 0.05) is 8.59 Å². The molecule has 0 aliphatic carbocycles. The Kier molecular flexibility index (Phi) is 8.55. The molecule has 0 radical (unpaired) electrons. The van der Waals surface area contributed by atoms with Gasteiger partial charge in [-0.25, -0.2) is 4.79 Å². The fourth-order valence-electron chi connectivity index (χ4n) is 3.27. The summed E-state index contributed by atoms with van der Waals surface area (Å²) in [6.07, 6.45) is 1.60. The molecular formula is C26H19ClINO6S. The number of hydrogen-bond acceptors (Lipinski definition) is 7. The molecule has 0 N–H and O–H groups in total. The third kappa shape index (κ3) is 6.21. The maximum absolute atomic E-state index is 12.8. The third-order valence-corrected chi connectivity index (χ3v) is 7.15. The number of amides is 2. The number of rotatable bonds is 8. The van der Waals surface area contributed by atoms with Crippen LogP contribution < -0.4 is 14.2 Å². The van der Waals surface area contributed by atoms with Crippen LogP contribution in [0.25, 0.3) is 6.08 Å². The standard InChI is InChI=1S/C26H19ClINO6S/c1-33-22-14-16(6-11-21(22)35-25(31)19-4-2-3-5-20(19)28)15-23-24(30)29(26(32)36-23)12-13-34-18-9-7-17(27)8-10-18/h2-11,14-15H,12-13H2,1H3/b23-15-. The van der Waals surface area contributed by atoms with Crippen molar-refractivity contribution >= 4 is 69.1 Å². The van der Waals surface area contributed by atoms with E-state index in [-0.39, 0.29) is 29.0 Å². The van der Waals surface area contributed by atoms with Crippen LogP contribution in [0.2, 0.25) is 5.02 Å². The lowest BCUT2D eigenvalue weighted by molar-refractivity contribution is -0.123. The number of carbonyl (C=O) groups excluding carboxylic acids is 3. The molecule has 36 heavy (non-hydrogen) atoms. The SMILES string of the molecule is COc1cc(/C=C2\SC(=O)N(CCOc3ccc(Cl)cc3)C2=O)ccc1OC(=O)c1ccccc1I. The second-order valence-electron chi connectivity index (χ2n) is 7.42. The Morgan fingerprint density at radius 3 is 2.53 bits per heavy atom. The quantitative estimate of drug-likeness (QED) is 0.125. The van der Waals surface area contributed by atoms with E-state index in [4.69, 9.17) is 25.8 Å². The van der Waals surface area contributed by atoms with E-state index < -0.39 is 11.9 Å². The first-order valence-electron chi connectivity index (χ1n) is 10.6. The van der Waals surface area contributed by atoms with Gasteiger partial charge in [0.2, 0.25) is 0 Å². The van der Waals surface area contributed by atoms with Gasteiger partial charge in [-0.1, -0.05) is 29.8 Å². The zero-order valence-electron chi connectivity index (χ0n) is 18.9. The molecule has 2 amide bonds. The summed E-state index contributed by atoms with van der Waals surface area (Å²) in [5, 5.41) is 0.216. The molecule has 4 rings (SSSR count). The molecule has 0 saturated carbocycles. The Balaban J connectivity index is 1.43. The van der Waals surface area contributed by atoms with E-state index >= 15 is 0 Å². The first-order valence-corrected chi connectivity index (χ1v) is 12.9. The second kappa shape index (κ2) is 11.8. The van der Waals surface area contributed by atoms with E-state index in [1.54, 1.807) is 60.7 Å². The van der Waals surface area contributed by atoms with Gasteiger partial charge < -0.3 is 14.2 Å². The zero-order valence-corrected chi connectivity index (χ0v) is 22.6. The summed E-state index contributed by atoms with van der Waals surface area (Å²) in [5.74, 6) is 0.244. The van der Waals surface area contributed by atoms with Crippen LogP contribution in [0.3, 0.4) is 0 Å². The van der Waals surface area contributed by atoms with Crippen molar-refractivity contribution in [3.05, 3.63) is 91.4 Å². The van der Waals surface area contributed by atoms with Crippen molar-refractivity contribution in [2.45, 2.75) is 0 Å². The number of halogens is 2. The molecular weight excluding hydrogens is 617 g/mol. The van der Waals surface area contributed by atoms with Crippen LogP contribution >= 0.6 is 46.0 Å². The highest BCUT2D eigenvalue weighted by atomic mass is 127. The van der Waals surface area contributed by atoms with Gasteiger partial charge in [0.05, 0.1) is 24.1 Å². The monoisotopic (exact) mass is 635 g/mol. The Hall–Kier alpha value is -3.02. The average molecular weight is 636 g/mol. The number of methoxy groups -OCH3 is 1. The number of imide groups is 1. The highest BCUT2D eigenvalue weighted by molar-refractivity contribution is 14.1. The summed E-state index contributed by atoms with van der Waals surface area (Å²) in [6.45, 7) is 0.266. The van der Waals surface area contributed by atoms with E-state index in [9.17, 15) is 14.4 Å². The first kappa shape index (κ1) is 26.1. The number of benzene rings is 3. The van der Waals surface area contributed by atoms with Crippen LogP contribution in [0.5, 0.6) is 17.2 Å². The number of thioether (sulfide) groups is 1. The Bertz CT molecular complexity index is 1340. The molecule has 1 aliphatic heterocycles. The molecule has 1 heterocycles. The Labute approximate surface area is 230 Å². The molecule has 0 unspecified atom stereocenters. The van der Waals surface area contributed by atoms with Crippen LogP contribution in [0.15, 0.2) is 71.6 Å². The Morgan fingerprint density at radius 1 is 1.06 bits per heavy atom. The first-order chi connectivity index (χ1) is 17.4. The highest BCUT2D eigenvalue weighted by Crippen LogP contribution is 2.35. The summed E-state index contributed by atoms with van der Waals surface area (Å²) >= 11 is 8.78. The van der Waals surface area contributed by atoms with Crippen molar-refractivity contribution in [3.8, 4) is 17.2 Å². The lowest BCUT2D eigenvalue weighted by Gasteiger charge is -2.13. The predicted octanol–water partition coefficient (Wildman–Crippen LogP) is 6.29. The largest absolute Gasteiger partial charge is 0.493 e. The van der Waals surface area contributed by atoms with Gasteiger partial charge in [0.15, 0.2) is 11.5 Å². The van der Waals surface area contributed by atoms with Gasteiger partial charge in [-0.2, -0.15) is 0 Å². The van der Waals surface area contributed by atoms with Crippen molar-refractivity contribution in [3.63, 3.8) is 0 Å². The van der Waals surface area contributed by atoms with E-state index in [0.29, 0.717) is 27.6 Å². The maximum Gasteiger partial charge on any atom is 0.344 e. The summed E-state index contributed by atoms with van der Waals surface area (Å²) in [6, 6.07) is 18.8. The normalized spacial score (nSPS) is 14.3. The summed E-state index contributed by atoms with van der Waals surface area (Å²) in [5.41, 5.74) is 1.06. The second-order valence-corrected chi connectivity index (χ2v) is 10.0. The molecule has 1 aliphatic rings. The molecule has 0 spiro atoms. The number of ether oxygens (including phenoxy) is 3. The minimum absolute atomic E-state index is 0.112. The van der Waals surface area contributed by atoms with Gasteiger partial charge in [-0.05, 0) is 94.5 Å². The third-order valence-electron chi connectivity index (χ3n) is 5.05. The van der Waals surface area contributed by atoms with Gasteiger partial charge in [-0.3, -0.25) is 14.5 Å². The van der Waals surface area contributed by atoms with E-state index in [2.05, 4.69) is 22.6 Å². The average Bonchev–Trinajstić information content (AvgIpc) is 3.13. The lowest BCUT2D eigenvalue weighted by Crippen LogP contribution is -2.32. The summed E-state index contributed by atoms with van der Waals surface area (Å²) < 4.78 is 17.3. The molecule has 0 bridgehead atoms. The van der Waals surface area contributed by atoms with Gasteiger partial charge in [0.25, 0.3) is 11.1 Å². The van der Waals surface area contributed by atoms with Crippen molar-refractivity contribution in [1.82, 2.24) is 4.90 Å². The molecule has 7 nitrogen and oxygen atoms in total. The fourth-order valence-corrected chi connectivity index (χ4v) is 4.87. The summed E-state index contributed by atoms with van der Waals surface area (Å²) in [4.78, 5) is 39.2. The number of esters is 1. The zero-order chi connectivity index (χ0) is 25.7. The minimum Gasteiger partial charge on any atom is -0.493 e. The van der Waals surface area contributed by atoms with Crippen LogP contribution in [0.1, 0.15) is 15.9 Å². The number of carbonyl (C=O) groups is 3. The van der Waals surface area contributed by atoms with Gasteiger partial charge in [-0.15, -0.1) is 0 Å². The lowest BCUT2D eigenvalue weighted by atomic mass is 10.1. The molecule has 1 fully saturated rings. The maximum atomic E-state index is 12.8. The number of hydrogen-bond donors (Lipinski definition) is 0. The van der Waals surface area contributed by atoms with Crippen molar-refractivity contribution in [2.75, 3.05) is 20.3 Å².